The lowest BCUT2D eigenvalue weighted by Crippen LogP contribution is -2.47. The Morgan fingerprint density at radius 3 is 2.81 bits per heavy atom. The Kier molecular flexibility index (Phi) is 4.10. The number of aliphatic hydroxyl groups is 1. The molecular weight excluding hydrogens is 224 g/mol. The van der Waals surface area contributed by atoms with Gasteiger partial charge in [-0.3, -0.25) is 4.79 Å². The quantitative estimate of drug-likeness (QED) is 0.721. The van der Waals surface area contributed by atoms with Gasteiger partial charge < -0.3 is 15.3 Å². The zero-order chi connectivity index (χ0) is 11.5. The van der Waals surface area contributed by atoms with E-state index < -0.39 is 6.10 Å². The summed E-state index contributed by atoms with van der Waals surface area (Å²) in [5, 5.41) is 13.0. The van der Waals surface area contributed by atoms with Crippen molar-refractivity contribution in [3.05, 3.63) is 0 Å². The molecule has 2 N–H and O–H groups in total. The number of hydrogen-bond donors (Lipinski definition) is 2. The van der Waals surface area contributed by atoms with Crippen LogP contribution in [0.15, 0.2) is 0 Å². The molecule has 16 heavy (non-hydrogen) atoms. The summed E-state index contributed by atoms with van der Waals surface area (Å²) < 4.78 is 0. The minimum absolute atomic E-state index is 0.0463. The maximum atomic E-state index is 12.2. The van der Waals surface area contributed by atoms with Crippen molar-refractivity contribution in [2.45, 2.75) is 36.7 Å². The number of carbonyl (C=O) groups excluding carboxylic acids is 1. The molecule has 2 saturated heterocycles. The highest BCUT2D eigenvalue weighted by Crippen LogP contribution is 2.27. The van der Waals surface area contributed by atoms with E-state index in [0.717, 1.165) is 18.6 Å². The number of amides is 1. The van der Waals surface area contributed by atoms with Gasteiger partial charge >= 0.3 is 0 Å². The van der Waals surface area contributed by atoms with Crippen molar-refractivity contribution < 1.29 is 9.90 Å². The number of thioether (sulfide) groups is 1. The molecule has 2 aliphatic rings. The van der Waals surface area contributed by atoms with Gasteiger partial charge in [0.25, 0.3) is 0 Å². The van der Waals surface area contributed by atoms with Crippen LogP contribution in [-0.4, -0.2) is 59.2 Å². The third kappa shape index (κ3) is 2.52. The second kappa shape index (κ2) is 5.38. The highest BCUT2D eigenvalue weighted by Gasteiger charge is 2.34. The monoisotopic (exact) mass is 244 g/mol. The molecule has 3 atom stereocenters. The number of rotatable bonds is 2. The van der Waals surface area contributed by atoms with Crippen molar-refractivity contribution in [2.24, 2.45) is 0 Å². The summed E-state index contributed by atoms with van der Waals surface area (Å²) in [6.45, 7) is 1.31. The van der Waals surface area contributed by atoms with Crippen LogP contribution in [-0.2, 0) is 4.79 Å². The Morgan fingerprint density at radius 2 is 2.25 bits per heavy atom. The van der Waals surface area contributed by atoms with Gasteiger partial charge in [-0.05, 0) is 18.6 Å². The van der Waals surface area contributed by atoms with Gasteiger partial charge in [0.15, 0.2) is 0 Å². The highest BCUT2D eigenvalue weighted by molar-refractivity contribution is 8.00. The second-order valence-electron chi connectivity index (χ2n) is 4.60. The summed E-state index contributed by atoms with van der Waals surface area (Å²) in [5.74, 6) is 1.29. The van der Waals surface area contributed by atoms with E-state index >= 15 is 0 Å². The Bertz CT molecular complexity index is 256. The van der Waals surface area contributed by atoms with E-state index in [4.69, 9.17) is 0 Å². The lowest BCUT2D eigenvalue weighted by molar-refractivity contribution is -0.132. The fourth-order valence-electron chi connectivity index (χ4n) is 2.37. The molecule has 4 nitrogen and oxygen atoms in total. The Morgan fingerprint density at radius 1 is 1.44 bits per heavy atom. The zero-order valence-corrected chi connectivity index (χ0v) is 10.5. The normalized spacial score (nSPS) is 35.0. The molecule has 0 bridgehead atoms. The van der Waals surface area contributed by atoms with E-state index in [9.17, 15) is 9.90 Å². The van der Waals surface area contributed by atoms with Crippen molar-refractivity contribution >= 4 is 17.7 Å². The van der Waals surface area contributed by atoms with E-state index in [2.05, 4.69) is 5.32 Å². The number of likely N-dealkylation sites (N-methyl/N-ethyl adjacent to an activating group) is 1. The Hall–Kier alpha value is -0.260. The molecule has 1 amide bonds. The zero-order valence-electron chi connectivity index (χ0n) is 9.69. The molecule has 0 aromatic heterocycles. The van der Waals surface area contributed by atoms with Crippen LogP contribution in [0.2, 0.25) is 0 Å². The van der Waals surface area contributed by atoms with Crippen LogP contribution >= 0.6 is 11.8 Å². The predicted molar refractivity (Wildman–Crippen MR) is 65.5 cm³/mol. The van der Waals surface area contributed by atoms with E-state index in [1.165, 1.54) is 6.42 Å². The van der Waals surface area contributed by atoms with Crippen LogP contribution in [0.5, 0.6) is 0 Å². The average Bonchev–Trinajstić information content (AvgIpc) is 2.75. The fraction of sp³-hybridized carbons (Fsp3) is 0.909. The van der Waals surface area contributed by atoms with Gasteiger partial charge in [-0.2, -0.15) is 0 Å². The summed E-state index contributed by atoms with van der Waals surface area (Å²) in [6, 6.07) is -0.0463. The van der Waals surface area contributed by atoms with Crippen molar-refractivity contribution in [1.82, 2.24) is 10.2 Å². The third-order valence-corrected chi connectivity index (χ3v) is 4.82. The van der Waals surface area contributed by atoms with Gasteiger partial charge in [-0.15, -0.1) is 11.8 Å². The largest absolute Gasteiger partial charge is 0.390 e. The molecule has 92 valence electrons. The Labute approximate surface area is 101 Å². The van der Waals surface area contributed by atoms with Crippen LogP contribution in [0.25, 0.3) is 0 Å². The first-order valence-electron chi connectivity index (χ1n) is 5.97. The smallest absolute Gasteiger partial charge is 0.235 e. The van der Waals surface area contributed by atoms with Gasteiger partial charge in [-0.25, -0.2) is 0 Å². The van der Waals surface area contributed by atoms with Crippen LogP contribution in [0.3, 0.4) is 0 Å². The van der Waals surface area contributed by atoms with E-state index in [0.29, 0.717) is 13.1 Å². The molecule has 0 spiro atoms. The van der Waals surface area contributed by atoms with Gasteiger partial charge in [0, 0.05) is 20.1 Å². The minimum atomic E-state index is -0.414. The van der Waals surface area contributed by atoms with Crippen molar-refractivity contribution in [3.63, 3.8) is 0 Å². The van der Waals surface area contributed by atoms with Gasteiger partial charge in [0.2, 0.25) is 5.91 Å². The highest BCUT2D eigenvalue weighted by atomic mass is 32.2. The minimum Gasteiger partial charge on any atom is -0.390 e. The average molecular weight is 244 g/mol. The van der Waals surface area contributed by atoms with E-state index in [-0.39, 0.29) is 17.2 Å². The van der Waals surface area contributed by atoms with Gasteiger partial charge in [0.1, 0.15) is 0 Å². The molecule has 2 aliphatic heterocycles. The molecule has 0 aromatic carbocycles. The molecule has 2 fully saturated rings. The van der Waals surface area contributed by atoms with Crippen LogP contribution < -0.4 is 5.32 Å². The van der Waals surface area contributed by atoms with E-state index in [1.807, 2.05) is 7.05 Å². The maximum Gasteiger partial charge on any atom is 0.235 e. The second-order valence-corrected chi connectivity index (χ2v) is 5.91. The Balaban J connectivity index is 1.92. The SMILES string of the molecule is CN(C(=O)C1CCCCS1)[C@@H]1CNC[C@H]1O. The lowest BCUT2D eigenvalue weighted by Gasteiger charge is -2.31. The summed E-state index contributed by atoms with van der Waals surface area (Å²) in [5.41, 5.74) is 0. The molecule has 0 radical (unpaired) electrons. The van der Waals surface area contributed by atoms with Gasteiger partial charge in [0.05, 0.1) is 17.4 Å². The predicted octanol–water partition coefficient (Wildman–Crippen LogP) is 0.0632. The molecule has 0 aliphatic carbocycles. The topological polar surface area (TPSA) is 52.6 Å². The van der Waals surface area contributed by atoms with Crippen LogP contribution in [0.4, 0.5) is 0 Å². The molecule has 5 heteroatoms. The van der Waals surface area contributed by atoms with Crippen molar-refractivity contribution in [3.8, 4) is 0 Å². The molecule has 2 rings (SSSR count). The van der Waals surface area contributed by atoms with Crippen LogP contribution in [0.1, 0.15) is 19.3 Å². The lowest BCUT2D eigenvalue weighted by atomic mass is 10.1. The van der Waals surface area contributed by atoms with E-state index in [1.54, 1.807) is 16.7 Å². The fourth-order valence-corrected chi connectivity index (χ4v) is 3.67. The number of carbonyl (C=O) groups is 1. The summed E-state index contributed by atoms with van der Waals surface area (Å²) in [7, 11) is 1.82. The number of β-amino-alcohol motifs (C(OH)–C–C–N with tert-alkyl or cyclic N) is 1. The first-order valence-corrected chi connectivity index (χ1v) is 7.02. The first kappa shape index (κ1) is 12.2. The summed E-state index contributed by atoms with van der Waals surface area (Å²) in [6.07, 6.45) is 2.96. The summed E-state index contributed by atoms with van der Waals surface area (Å²) >= 11 is 1.77. The molecule has 1 unspecified atom stereocenters. The number of nitrogens with one attached hydrogen (secondary N) is 1. The van der Waals surface area contributed by atoms with Gasteiger partial charge in [-0.1, -0.05) is 6.42 Å². The number of aliphatic hydroxyl groups excluding tert-OH is 1. The van der Waals surface area contributed by atoms with Crippen LogP contribution in [0, 0.1) is 0 Å². The standard InChI is InChI=1S/C11H20N2O2S/c1-13(8-6-12-7-9(8)14)11(15)10-4-2-3-5-16-10/h8-10,12,14H,2-7H2,1H3/t8-,9-,10?/m1/s1. The maximum absolute atomic E-state index is 12.2. The number of nitrogens with zero attached hydrogens (tertiary/aromatic N) is 1. The van der Waals surface area contributed by atoms with Crippen molar-refractivity contribution in [2.75, 3.05) is 25.9 Å². The molecule has 0 aromatic rings. The molecule has 0 saturated carbocycles. The third-order valence-electron chi connectivity index (χ3n) is 3.45. The summed E-state index contributed by atoms with van der Waals surface area (Å²) in [4.78, 5) is 13.9. The molecular formula is C11H20N2O2S. The number of hydrogen-bond acceptors (Lipinski definition) is 4. The first-order chi connectivity index (χ1) is 7.70. The molecule has 2 heterocycles. The van der Waals surface area contributed by atoms with Crippen molar-refractivity contribution in [1.29, 1.82) is 0 Å².